The number of nitrogens with one attached hydrogen (secondary N) is 2. The number of nitrogens with zero attached hydrogens (tertiary/aromatic N) is 4. The molecule has 502 valence electrons. The van der Waals surface area contributed by atoms with E-state index in [2.05, 4.69) is 10.6 Å². The first-order valence-electron chi connectivity index (χ1n) is 31.7. The van der Waals surface area contributed by atoms with Crippen molar-refractivity contribution in [3.05, 3.63) is 77.9 Å². The lowest BCUT2D eigenvalue weighted by atomic mass is 9.83. The summed E-state index contributed by atoms with van der Waals surface area (Å²) in [6.07, 6.45) is -0.646. The van der Waals surface area contributed by atoms with Crippen LogP contribution in [0.1, 0.15) is 151 Å². The van der Waals surface area contributed by atoms with Crippen LogP contribution in [0.4, 0.5) is 10.5 Å². The number of rotatable bonds is 38. The van der Waals surface area contributed by atoms with Crippen LogP contribution in [0.25, 0.3) is 0 Å². The number of hydrogen-bond acceptors (Lipinski definition) is 16. The van der Waals surface area contributed by atoms with Gasteiger partial charge in [0.15, 0.2) is 11.6 Å². The zero-order valence-corrected chi connectivity index (χ0v) is 55.5. The van der Waals surface area contributed by atoms with Gasteiger partial charge in [0.05, 0.1) is 61.2 Å². The number of Topliss-reactive ketones (excluding diaryl/α,β-unsaturated/α-hetero) is 4. The van der Waals surface area contributed by atoms with E-state index >= 15 is 0 Å². The summed E-state index contributed by atoms with van der Waals surface area (Å²) in [6, 6.07) is 12.2. The van der Waals surface area contributed by atoms with Gasteiger partial charge in [0, 0.05) is 109 Å². The molecule has 1 fully saturated rings. The van der Waals surface area contributed by atoms with Crippen molar-refractivity contribution in [1.82, 2.24) is 24.9 Å². The minimum absolute atomic E-state index is 0.0663. The highest BCUT2D eigenvalue weighted by atomic mass is 16.6. The molecule has 0 saturated carbocycles. The van der Waals surface area contributed by atoms with E-state index in [1.165, 1.54) is 45.0 Å². The van der Waals surface area contributed by atoms with E-state index in [9.17, 15) is 67.7 Å². The van der Waals surface area contributed by atoms with E-state index in [1.54, 1.807) is 56.9 Å². The third-order valence-corrected chi connectivity index (χ3v) is 17.9. The second-order valence-corrected chi connectivity index (χ2v) is 25.4. The number of ketones is 4. The second-order valence-electron chi connectivity index (χ2n) is 25.4. The quantitative estimate of drug-likeness (QED) is 0.0484. The standard InChI is InChI=1S/C68H98N6O17/c1-15-41(6)62(56(89-13)37-59(81)73-30-19-22-52(73)64(90-14)44(9)53(76)33-42(7)63(84)47-20-17-16-18-21-47)71(11)67(87)51(39(2)3)36-55(78)61(40(4)5)72(12)68(88)91-38-46-23-25-49(26-24-46)70-66(86)48(35-60(82)83)34-54(77)45(10)69-65(85)43(8)32-50(75)29-31-74-57(79)27-28-58(74)80/h16-18,20-21,23-28,39-45,48,51-52,56,61-64,84H,15,19,22,29-38H2,1-14H3,(H,69,85)(H,70,86)(H,82,83)/t41-,42-,43-,44-,45-,48-,51-,52-,56+,61-,62-,63+,64+/m0/s1. The lowest BCUT2D eigenvalue weighted by Crippen LogP contribution is -2.54. The number of aliphatic hydroxyl groups is 1. The number of carboxylic acid groups (broad SMARTS) is 1. The molecule has 91 heavy (non-hydrogen) atoms. The van der Waals surface area contributed by atoms with E-state index in [0.29, 0.717) is 31.4 Å². The van der Waals surface area contributed by atoms with Gasteiger partial charge in [0.25, 0.3) is 11.8 Å². The number of carboxylic acids is 1. The van der Waals surface area contributed by atoms with Crippen LogP contribution in [0.15, 0.2) is 66.7 Å². The first-order valence-corrected chi connectivity index (χ1v) is 31.7. The molecule has 0 spiro atoms. The van der Waals surface area contributed by atoms with E-state index in [0.717, 1.165) is 22.6 Å². The van der Waals surface area contributed by atoms with Crippen molar-refractivity contribution >= 4 is 76.3 Å². The summed E-state index contributed by atoms with van der Waals surface area (Å²) in [7, 11) is 6.16. The van der Waals surface area contributed by atoms with E-state index in [4.69, 9.17) is 14.2 Å². The molecule has 2 aliphatic rings. The van der Waals surface area contributed by atoms with Gasteiger partial charge in [-0.1, -0.05) is 111 Å². The zero-order chi connectivity index (χ0) is 68.1. The predicted octanol–water partition coefficient (Wildman–Crippen LogP) is 7.16. The number of likely N-dealkylation sites (tertiary alicyclic amines) is 1. The van der Waals surface area contributed by atoms with Crippen LogP contribution in [0, 0.1) is 47.3 Å². The third-order valence-electron chi connectivity index (χ3n) is 17.9. The van der Waals surface area contributed by atoms with Gasteiger partial charge >= 0.3 is 12.1 Å². The van der Waals surface area contributed by atoms with Gasteiger partial charge in [0.2, 0.25) is 23.6 Å². The lowest BCUT2D eigenvalue weighted by Gasteiger charge is -2.41. The molecule has 2 heterocycles. The van der Waals surface area contributed by atoms with Gasteiger partial charge in [-0.3, -0.25) is 57.6 Å². The van der Waals surface area contributed by atoms with Gasteiger partial charge < -0.3 is 49.8 Å². The molecule has 0 unspecified atom stereocenters. The summed E-state index contributed by atoms with van der Waals surface area (Å²) in [6.45, 7) is 17.8. The first kappa shape index (κ1) is 76.0. The molecule has 7 amide bonds. The molecular formula is C68H98N6O17. The van der Waals surface area contributed by atoms with Crippen LogP contribution in [0.5, 0.6) is 0 Å². The minimum Gasteiger partial charge on any atom is -0.481 e. The molecule has 0 bridgehead atoms. The number of aliphatic hydroxyl groups excluding tert-OH is 1. The van der Waals surface area contributed by atoms with E-state index in [1.807, 2.05) is 65.0 Å². The van der Waals surface area contributed by atoms with Crippen LogP contribution in [0.3, 0.4) is 0 Å². The summed E-state index contributed by atoms with van der Waals surface area (Å²) in [5.74, 6) is -10.7. The Kier molecular flexibility index (Phi) is 30.0. The molecule has 13 atom stereocenters. The molecule has 0 aliphatic carbocycles. The van der Waals surface area contributed by atoms with Crippen molar-refractivity contribution in [2.45, 2.75) is 183 Å². The average molecular weight is 1270 g/mol. The number of anilines is 1. The van der Waals surface area contributed by atoms with Crippen LogP contribution < -0.4 is 10.6 Å². The van der Waals surface area contributed by atoms with Crippen molar-refractivity contribution in [3.8, 4) is 0 Å². The van der Waals surface area contributed by atoms with Crippen molar-refractivity contribution < 1.29 is 82.0 Å². The molecule has 0 aromatic heterocycles. The number of amides is 7. The molecule has 1 saturated heterocycles. The Morgan fingerprint density at radius 3 is 1.89 bits per heavy atom. The third kappa shape index (κ3) is 21.6. The smallest absolute Gasteiger partial charge is 0.410 e. The van der Waals surface area contributed by atoms with Crippen molar-refractivity contribution in [1.29, 1.82) is 0 Å². The van der Waals surface area contributed by atoms with Crippen LogP contribution in [-0.2, 0) is 73.6 Å². The van der Waals surface area contributed by atoms with Gasteiger partial charge in [0.1, 0.15) is 18.2 Å². The van der Waals surface area contributed by atoms with Crippen LogP contribution in [0.2, 0.25) is 0 Å². The topological polar surface area (TPSA) is 310 Å². The Balaban J connectivity index is 1.35. The molecular weight excluding hydrogens is 1170 g/mol. The highest BCUT2D eigenvalue weighted by Crippen LogP contribution is 2.33. The van der Waals surface area contributed by atoms with Crippen molar-refractivity contribution in [2.75, 3.05) is 46.7 Å². The first-order chi connectivity index (χ1) is 42.9. The fourth-order valence-electron chi connectivity index (χ4n) is 12.2. The number of likely N-dealkylation sites (N-methyl/N-ethyl adjacent to an activating group) is 2. The number of ether oxygens (including phenoxy) is 3. The number of carbonyl (C=O) groups is 12. The number of carbonyl (C=O) groups excluding carboxylic acids is 11. The maximum atomic E-state index is 14.8. The zero-order valence-electron chi connectivity index (χ0n) is 55.5. The lowest BCUT2D eigenvalue weighted by molar-refractivity contribution is -0.149. The van der Waals surface area contributed by atoms with Crippen LogP contribution >= 0.6 is 0 Å². The Morgan fingerprint density at radius 1 is 0.703 bits per heavy atom. The molecule has 2 aromatic carbocycles. The Morgan fingerprint density at radius 2 is 1.33 bits per heavy atom. The predicted molar refractivity (Wildman–Crippen MR) is 338 cm³/mol. The Bertz CT molecular complexity index is 2880. The maximum Gasteiger partial charge on any atom is 0.410 e. The van der Waals surface area contributed by atoms with E-state index < -0.39 is 126 Å². The summed E-state index contributed by atoms with van der Waals surface area (Å²) < 4.78 is 17.8. The number of imide groups is 1. The molecule has 0 radical (unpaired) electrons. The van der Waals surface area contributed by atoms with Crippen molar-refractivity contribution in [2.24, 2.45) is 47.3 Å². The van der Waals surface area contributed by atoms with Gasteiger partial charge in [-0.05, 0) is 66.7 Å². The number of methoxy groups -OCH3 is 2. The summed E-state index contributed by atoms with van der Waals surface area (Å²) in [5, 5.41) is 25.8. The van der Waals surface area contributed by atoms with Crippen LogP contribution in [-0.4, -0.2) is 178 Å². The summed E-state index contributed by atoms with van der Waals surface area (Å²) in [5.41, 5.74) is 1.45. The fraction of sp³-hybridized carbons (Fsp3) is 0.618. The number of aliphatic carboxylic acids is 1. The molecule has 4 N–H and O–H groups in total. The summed E-state index contributed by atoms with van der Waals surface area (Å²) in [4.78, 5) is 164. The monoisotopic (exact) mass is 1270 g/mol. The minimum atomic E-state index is -1.35. The molecule has 2 aliphatic heterocycles. The normalized spacial score (nSPS) is 18.0. The Labute approximate surface area is 535 Å². The number of benzene rings is 2. The maximum absolute atomic E-state index is 14.8. The molecule has 23 heteroatoms. The van der Waals surface area contributed by atoms with Gasteiger partial charge in [-0.25, -0.2) is 4.79 Å². The largest absolute Gasteiger partial charge is 0.481 e. The highest BCUT2D eigenvalue weighted by Gasteiger charge is 2.44. The summed E-state index contributed by atoms with van der Waals surface area (Å²) >= 11 is 0. The van der Waals surface area contributed by atoms with E-state index in [-0.39, 0.29) is 97.9 Å². The highest BCUT2D eigenvalue weighted by molar-refractivity contribution is 6.13. The Hall–Kier alpha value is -7.50. The molecule has 23 nitrogen and oxygen atoms in total. The molecule has 4 rings (SSSR count). The van der Waals surface area contributed by atoms with Gasteiger partial charge in [-0.2, -0.15) is 0 Å². The second kappa shape index (κ2) is 35.9. The van der Waals surface area contributed by atoms with Crippen molar-refractivity contribution in [3.63, 3.8) is 0 Å². The SMILES string of the molecule is CC[C@H](C)[C@@H]([C@@H](CC(=O)N1CCC[C@H]1[C@H](OC)[C@@H](C)C(=O)C[C@H](C)[C@@H](O)c1ccccc1)OC)N(C)C(=O)[C@@H](CC(=O)[C@H](C(C)C)N(C)C(=O)OCc1ccc(NC(=O)[C@H](CC(=O)O)CC(=O)[C@H](C)NC(=O)[C@@H](C)CC(=O)CCN2C(=O)C=CC2=O)cc1)C(C)C. The average Bonchev–Trinajstić information content (AvgIpc) is 1.86. The van der Waals surface area contributed by atoms with Gasteiger partial charge in [-0.15, -0.1) is 0 Å². The fourth-order valence-corrected chi connectivity index (χ4v) is 12.2. The molecule has 2 aromatic rings. The number of hydrogen-bond donors (Lipinski definition) is 4.